The third-order valence-electron chi connectivity index (χ3n) is 4.57. The number of fused-ring (bicyclic) bond motifs is 2. The standard InChI is InChI=1S/C19H18N2O3S/c20-10-13-12-6-2-1-3-9-17(12)25-19(13)21-18(22)16-11-23-14-7-4-5-8-15(14)24-16/h4-5,7-8,16H,1-3,6,9,11H2,(H,21,22)/t16-/m0/s1. The molecule has 0 saturated heterocycles. The van der Waals surface area contributed by atoms with E-state index in [1.54, 1.807) is 6.07 Å². The molecule has 0 bridgehead atoms. The van der Waals surface area contributed by atoms with E-state index < -0.39 is 6.10 Å². The molecule has 0 fully saturated rings. The normalized spacial score (nSPS) is 18.6. The topological polar surface area (TPSA) is 71.4 Å². The molecule has 5 nitrogen and oxygen atoms in total. The van der Waals surface area contributed by atoms with Crippen molar-refractivity contribution in [1.29, 1.82) is 5.26 Å². The molecule has 0 saturated carbocycles. The number of amides is 1. The van der Waals surface area contributed by atoms with E-state index in [0.29, 0.717) is 22.1 Å². The number of thiophene rings is 1. The quantitative estimate of drug-likeness (QED) is 0.836. The Kier molecular flexibility index (Phi) is 4.33. The van der Waals surface area contributed by atoms with Gasteiger partial charge in [0, 0.05) is 4.88 Å². The minimum atomic E-state index is -0.719. The Morgan fingerprint density at radius 1 is 1.20 bits per heavy atom. The third-order valence-corrected chi connectivity index (χ3v) is 5.78. The van der Waals surface area contributed by atoms with Crippen LogP contribution in [0.4, 0.5) is 5.00 Å². The van der Waals surface area contributed by atoms with Crippen LogP contribution in [0.15, 0.2) is 24.3 Å². The summed E-state index contributed by atoms with van der Waals surface area (Å²) in [5, 5.41) is 13.1. The van der Waals surface area contributed by atoms with Crippen molar-refractivity contribution in [3.05, 3.63) is 40.3 Å². The number of para-hydroxylation sites is 2. The summed E-state index contributed by atoms with van der Waals surface area (Å²) in [4.78, 5) is 13.8. The molecule has 2 aromatic rings. The number of nitrogens with zero attached hydrogens (tertiary/aromatic N) is 1. The number of ether oxygens (including phenoxy) is 2. The first-order chi connectivity index (χ1) is 12.3. The molecule has 6 heteroatoms. The highest BCUT2D eigenvalue weighted by molar-refractivity contribution is 7.16. The first-order valence-electron chi connectivity index (χ1n) is 8.50. The molecule has 0 spiro atoms. The average molecular weight is 354 g/mol. The van der Waals surface area contributed by atoms with Crippen LogP contribution in [0.2, 0.25) is 0 Å². The first-order valence-corrected chi connectivity index (χ1v) is 9.32. The van der Waals surface area contributed by atoms with Gasteiger partial charge in [-0.1, -0.05) is 18.6 Å². The van der Waals surface area contributed by atoms with Crippen molar-refractivity contribution in [3.8, 4) is 17.6 Å². The van der Waals surface area contributed by atoms with E-state index in [9.17, 15) is 10.1 Å². The van der Waals surface area contributed by atoms with Crippen molar-refractivity contribution in [2.45, 2.75) is 38.2 Å². The maximum Gasteiger partial charge on any atom is 0.269 e. The Morgan fingerprint density at radius 2 is 2.00 bits per heavy atom. The van der Waals surface area contributed by atoms with Gasteiger partial charge < -0.3 is 14.8 Å². The van der Waals surface area contributed by atoms with Gasteiger partial charge in [0.05, 0.1) is 5.56 Å². The smallest absolute Gasteiger partial charge is 0.269 e. The monoisotopic (exact) mass is 354 g/mol. The zero-order valence-corrected chi connectivity index (χ0v) is 14.5. The molecule has 2 heterocycles. The van der Waals surface area contributed by atoms with Gasteiger partial charge in [-0.3, -0.25) is 4.79 Å². The highest BCUT2D eigenvalue weighted by atomic mass is 32.1. The number of carbonyl (C=O) groups is 1. The van der Waals surface area contributed by atoms with Gasteiger partial charge in [-0.15, -0.1) is 11.3 Å². The number of hydrogen-bond donors (Lipinski definition) is 1. The molecule has 1 N–H and O–H groups in total. The lowest BCUT2D eigenvalue weighted by Gasteiger charge is -2.25. The minimum absolute atomic E-state index is 0.163. The SMILES string of the molecule is N#Cc1c(NC(=O)[C@@H]2COc3ccccc3O2)sc2c1CCCCC2. The number of hydrogen-bond acceptors (Lipinski definition) is 5. The van der Waals surface area contributed by atoms with Gasteiger partial charge in [-0.05, 0) is 43.4 Å². The number of benzene rings is 1. The fourth-order valence-corrected chi connectivity index (χ4v) is 4.53. The molecule has 1 aromatic heterocycles. The zero-order valence-electron chi connectivity index (χ0n) is 13.7. The van der Waals surface area contributed by atoms with Gasteiger partial charge in [0.25, 0.3) is 5.91 Å². The molecule has 1 aromatic carbocycles. The van der Waals surface area contributed by atoms with Crippen LogP contribution >= 0.6 is 11.3 Å². The molecule has 1 aliphatic heterocycles. The summed E-state index contributed by atoms with van der Waals surface area (Å²) in [5.74, 6) is 0.936. The van der Waals surface area contributed by atoms with E-state index >= 15 is 0 Å². The molecule has 1 amide bonds. The molecule has 1 aliphatic carbocycles. The molecular weight excluding hydrogens is 336 g/mol. The molecular formula is C19H18N2O3S. The Bertz CT molecular complexity index is 853. The average Bonchev–Trinajstić information content (AvgIpc) is 2.80. The van der Waals surface area contributed by atoms with Crippen molar-refractivity contribution in [2.24, 2.45) is 0 Å². The summed E-state index contributed by atoms with van der Waals surface area (Å²) < 4.78 is 11.3. The predicted octanol–water partition coefficient (Wildman–Crippen LogP) is 3.67. The lowest BCUT2D eigenvalue weighted by molar-refractivity contribution is -0.125. The fourth-order valence-electron chi connectivity index (χ4n) is 3.29. The Morgan fingerprint density at radius 3 is 2.84 bits per heavy atom. The maximum atomic E-state index is 12.6. The van der Waals surface area contributed by atoms with E-state index in [1.807, 2.05) is 18.2 Å². The van der Waals surface area contributed by atoms with Crippen LogP contribution in [0.1, 0.15) is 35.3 Å². The second kappa shape index (κ2) is 6.77. The van der Waals surface area contributed by atoms with Gasteiger partial charge in [-0.25, -0.2) is 0 Å². The molecule has 128 valence electrons. The van der Waals surface area contributed by atoms with Crippen LogP contribution in [-0.2, 0) is 17.6 Å². The van der Waals surface area contributed by atoms with Gasteiger partial charge in [0.1, 0.15) is 17.7 Å². The van der Waals surface area contributed by atoms with Crippen LogP contribution in [0, 0.1) is 11.3 Å². The van der Waals surface area contributed by atoms with Crippen molar-refractivity contribution in [2.75, 3.05) is 11.9 Å². The highest BCUT2D eigenvalue weighted by Gasteiger charge is 2.29. The summed E-state index contributed by atoms with van der Waals surface area (Å²) in [7, 11) is 0. The Labute approximate surface area is 150 Å². The van der Waals surface area contributed by atoms with E-state index in [0.717, 1.165) is 31.2 Å². The number of carbonyl (C=O) groups excluding carboxylic acids is 1. The first kappa shape index (κ1) is 16.0. The summed E-state index contributed by atoms with van der Waals surface area (Å²) in [6.07, 6.45) is 4.62. The lowest BCUT2D eigenvalue weighted by atomic mass is 10.1. The second-order valence-corrected chi connectivity index (χ2v) is 7.34. The number of anilines is 1. The van der Waals surface area contributed by atoms with E-state index in [2.05, 4.69) is 11.4 Å². The maximum absolute atomic E-state index is 12.6. The number of aryl methyl sites for hydroxylation is 1. The van der Waals surface area contributed by atoms with Gasteiger partial charge >= 0.3 is 0 Å². The summed E-state index contributed by atoms with van der Waals surface area (Å²) in [6.45, 7) is 0.163. The van der Waals surface area contributed by atoms with Crippen LogP contribution in [0.3, 0.4) is 0 Å². The Hall–Kier alpha value is -2.52. The summed E-state index contributed by atoms with van der Waals surface area (Å²) in [6, 6.07) is 9.57. The van der Waals surface area contributed by atoms with Crippen molar-refractivity contribution >= 4 is 22.2 Å². The summed E-state index contributed by atoms with van der Waals surface area (Å²) in [5.41, 5.74) is 1.74. The zero-order chi connectivity index (χ0) is 17.2. The van der Waals surface area contributed by atoms with Gasteiger partial charge in [-0.2, -0.15) is 5.26 Å². The van der Waals surface area contributed by atoms with E-state index in [4.69, 9.17) is 9.47 Å². The van der Waals surface area contributed by atoms with Crippen molar-refractivity contribution in [1.82, 2.24) is 0 Å². The fraction of sp³-hybridized carbons (Fsp3) is 0.368. The number of nitriles is 1. The lowest BCUT2D eigenvalue weighted by Crippen LogP contribution is -2.40. The van der Waals surface area contributed by atoms with Crippen molar-refractivity contribution < 1.29 is 14.3 Å². The molecule has 4 rings (SSSR count). The largest absolute Gasteiger partial charge is 0.485 e. The molecule has 1 atom stereocenters. The highest BCUT2D eigenvalue weighted by Crippen LogP contribution is 2.37. The van der Waals surface area contributed by atoms with E-state index in [1.165, 1.54) is 22.6 Å². The third kappa shape index (κ3) is 3.08. The minimum Gasteiger partial charge on any atom is -0.485 e. The van der Waals surface area contributed by atoms with Crippen LogP contribution in [-0.4, -0.2) is 18.6 Å². The number of rotatable bonds is 2. The predicted molar refractivity (Wildman–Crippen MR) is 95.3 cm³/mol. The van der Waals surface area contributed by atoms with Crippen LogP contribution < -0.4 is 14.8 Å². The number of nitrogens with one attached hydrogen (secondary N) is 1. The van der Waals surface area contributed by atoms with Gasteiger partial charge in [0.2, 0.25) is 6.10 Å². The molecule has 0 radical (unpaired) electrons. The molecule has 0 unspecified atom stereocenters. The van der Waals surface area contributed by atoms with Crippen molar-refractivity contribution in [3.63, 3.8) is 0 Å². The summed E-state index contributed by atoms with van der Waals surface area (Å²) >= 11 is 1.53. The molecule has 25 heavy (non-hydrogen) atoms. The van der Waals surface area contributed by atoms with Crippen LogP contribution in [0.5, 0.6) is 11.5 Å². The Balaban J connectivity index is 1.53. The second-order valence-electron chi connectivity index (χ2n) is 6.23. The van der Waals surface area contributed by atoms with Gasteiger partial charge in [0.15, 0.2) is 11.5 Å². The molecule has 2 aliphatic rings. The van der Waals surface area contributed by atoms with E-state index in [-0.39, 0.29) is 12.5 Å². The van der Waals surface area contributed by atoms with Crippen LogP contribution in [0.25, 0.3) is 0 Å².